The summed E-state index contributed by atoms with van der Waals surface area (Å²) in [5, 5.41) is 15.2. The first-order valence-corrected chi connectivity index (χ1v) is 8.59. The van der Waals surface area contributed by atoms with Gasteiger partial charge in [-0.1, -0.05) is 41.2 Å². The molecule has 4 aromatic rings. The number of rotatable bonds is 4. The van der Waals surface area contributed by atoms with Crippen LogP contribution < -0.4 is 5.32 Å². The Kier molecular flexibility index (Phi) is 4.13. The summed E-state index contributed by atoms with van der Waals surface area (Å²) in [6.07, 6.45) is 0. The summed E-state index contributed by atoms with van der Waals surface area (Å²) >= 11 is 1.20. The Hall–Kier alpha value is -3.20. The van der Waals surface area contributed by atoms with Crippen LogP contribution in [0.25, 0.3) is 21.6 Å². The Bertz CT molecular complexity index is 1090. The van der Waals surface area contributed by atoms with Crippen LogP contribution in [0.2, 0.25) is 0 Å². The van der Waals surface area contributed by atoms with E-state index in [0.717, 1.165) is 11.1 Å². The predicted octanol–water partition coefficient (Wildman–Crippen LogP) is 3.04. The van der Waals surface area contributed by atoms with Crippen molar-refractivity contribution in [1.29, 1.82) is 0 Å². The van der Waals surface area contributed by atoms with Gasteiger partial charge in [-0.2, -0.15) is 4.80 Å². The summed E-state index contributed by atoms with van der Waals surface area (Å²) in [6.45, 7) is 1.90. The van der Waals surface area contributed by atoms with Gasteiger partial charge in [-0.3, -0.25) is 4.79 Å². The number of tetrazole rings is 1. The Morgan fingerprint density at radius 3 is 2.85 bits per heavy atom. The van der Waals surface area contributed by atoms with Crippen LogP contribution in [0, 0.1) is 12.7 Å². The van der Waals surface area contributed by atoms with Crippen molar-refractivity contribution in [3.63, 3.8) is 0 Å². The molecule has 0 aliphatic carbocycles. The third-order valence-corrected chi connectivity index (χ3v) is 4.58. The highest BCUT2D eigenvalue weighted by molar-refractivity contribution is 7.22. The molecular weight excluding hydrogens is 355 g/mol. The molecule has 0 atom stereocenters. The average molecular weight is 368 g/mol. The van der Waals surface area contributed by atoms with Crippen LogP contribution in [0.1, 0.15) is 5.56 Å². The number of halogens is 1. The van der Waals surface area contributed by atoms with Crippen molar-refractivity contribution >= 4 is 32.6 Å². The Balaban J connectivity index is 1.45. The number of nitrogens with zero attached hydrogens (tertiary/aromatic N) is 5. The molecule has 0 aliphatic rings. The molecular formula is C17H13FN6OS. The molecule has 0 radical (unpaired) electrons. The fraction of sp³-hybridized carbons (Fsp3) is 0.118. The number of aryl methyl sites for hydroxylation is 1. The van der Waals surface area contributed by atoms with Crippen LogP contribution in [0.3, 0.4) is 0 Å². The number of aromatic nitrogens is 5. The van der Waals surface area contributed by atoms with Crippen molar-refractivity contribution in [3.05, 3.63) is 53.8 Å². The number of hydrogen-bond donors (Lipinski definition) is 1. The molecule has 0 aliphatic heterocycles. The number of carbonyl (C=O) groups excluding carboxylic acids is 1. The van der Waals surface area contributed by atoms with Gasteiger partial charge >= 0.3 is 0 Å². The number of amides is 1. The van der Waals surface area contributed by atoms with E-state index in [1.165, 1.54) is 28.3 Å². The van der Waals surface area contributed by atoms with Gasteiger partial charge in [0, 0.05) is 5.56 Å². The second-order valence-electron chi connectivity index (χ2n) is 5.69. The van der Waals surface area contributed by atoms with Crippen LogP contribution in [0.5, 0.6) is 0 Å². The zero-order chi connectivity index (χ0) is 18.1. The van der Waals surface area contributed by atoms with Crippen LogP contribution in [-0.2, 0) is 11.3 Å². The van der Waals surface area contributed by atoms with Gasteiger partial charge in [0.2, 0.25) is 11.7 Å². The SMILES string of the molecule is Cc1ccc(-c2nnn(CC(=O)Nc3nc4ccc(F)cc4s3)n2)cc1. The van der Waals surface area contributed by atoms with Crippen molar-refractivity contribution in [3.8, 4) is 11.4 Å². The van der Waals surface area contributed by atoms with Gasteiger partial charge in [0.1, 0.15) is 12.4 Å². The van der Waals surface area contributed by atoms with Crippen LogP contribution >= 0.6 is 11.3 Å². The van der Waals surface area contributed by atoms with Gasteiger partial charge < -0.3 is 5.32 Å². The second kappa shape index (κ2) is 6.60. The number of anilines is 1. The zero-order valence-corrected chi connectivity index (χ0v) is 14.5. The van der Waals surface area contributed by atoms with E-state index in [1.807, 2.05) is 31.2 Å². The lowest BCUT2D eigenvalue weighted by Crippen LogP contribution is -2.20. The Morgan fingerprint density at radius 2 is 2.04 bits per heavy atom. The standard InChI is InChI=1S/C17H13FN6OS/c1-10-2-4-11(5-3-10)16-21-23-24(22-16)9-15(25)20-17-19-13-7-6-12(18)8-14(13)26-17/h2-8H,9H2,1H3,(H,19,20,25). The zero-order valence-electron chi connectivity index (χ0n) is 13.7. The van der Waals surface area contributed by atoms with E-state index in [-0.39, 0.29) is 18.3 Å². The largest absolute Gasteiger partial charge is 0.300 e. The smallest absolute Gasteiger partial charge is 0.249 e. The molecule has 130 valence electrons. The summed E-state index contributed by atoms with van der Waals surface area (Å²) < 4.78 is 13.9. The molecule has 0 unspecified atom stereocenters. The molecule has 2 aromatic carbocycles. The Morgan fingerprint density at radius 1 is 1.23 bits per heavy atom. The maximum atomic E-state index is 13.2. The molecule has 26 heavy (non-hydrogen) atoms. The normalized spacial score (nSPS) is 11.0. The first-order valence-electron chi connectivity index (χ1n) is 7.77. The molecule has 2 aromatic heterocycles. The second-order valence-corrected chi connectivity index (χ2v) is 6.72. The van der Waals surface area contributed by atoms with Crippen molar-refractivity contribution < 1.29 is 9.18 Å². The summed E-state index contributed by atoms with van der Waals surface area (Å²) in [7, 11) is 0. The summed E-state index contributed by atoms with van der Waals surface area (Å²) in [5.41, 5.74) is 2.60. The Labute approximate surface area is 151 Å². The van der Waals surface area contributed by atoms with E-state index >= 15 is 0 Å². The van der Waals surface area contributed by atoms with E-state index < -0.39 is 0 Å². The van der Waals surface area contributed by atoms with Crippen LogP contribution in [0.4, 0.5) is 9.52 Å². The quantitative estimate of drug-likeness (QED) is 0.598. The van der Waals surface area contributed by atoms with E-state index in [1.54, 1.807) is 6.07 Å². The summed E-state index contributed by atoms with van der Waals surface area (Å²) in [5.74, 6) is -0.222. The lowest BCUT2D eigenvalue weighted by Gasteiger charge is -1.99. The van der Waals surface area contributed by atoms with Gasteiger partial charge in [-0.05, 0) is 30.3 Å². The highest BCUT2D eigenvalue weighted by Crippen LogP contribution is 2.26. The molecule has 1 amide bonds. The maximum Gasteiger partial charge on any atom is 0.249 e. The molecule has 0 bridgehead atoms. The molecule has 9 heteroatoms. The number of hydrogen-bond acceptors (Lipinski definition) is 6. The van der Waals surface area contributed by atoms with E-state index in [4.69, 9.17) is 0 Å². The molecule has 4 rings (SSSR count). The first kappa shape index (κ1) is 16.3. The van der Waals surface area contributed by atoms with Crippen molar-refractivity contribution in [2.24, 2.45) is 0 Å². The summed E-state index contributed by atoms with van der Waals surface area (Å²) in [6, 6.07) is 12.0. The summed E-state index contributed by atoms with van der Waals surface area (Å²) in [4.78, 5) is 17.6. The van der Waals surface area contributed by atoms with Crippen molar-refractivity contribution in [2.45, 2.75) is 13.5 Å². The van der Waals surface area contributed by atoms with Gasteiger partial charge in [-0.15, -0.1) is 10.2 Å². The topological polar surface area (TPSA) is 85.6 Å². The lowest BCUT2D eigenvalue weighted by atomic mass is 10.1. The van der Waals surface area contributed by atoms with Crippen LogP contribution in [0.15, 0.2) is 42.5 Å². The molecule has 0 saturated carbocycles. The fourth-order valence-corrected chi connectivity index (χ4v) is 3.27. The van der Waals surface area contributed by atoms with Gasteiger partial charge in [0.05, 0.1) is 10.2 Å². The number of carbonyl (C=O) groups is 1. The molecule has 7 nitrogen and oxygen atoms in total. The minimum absolute atomic E-state index is 0.0941. The third-order valence-electron chi connectivity index (χ3n) is 3.64. The third kappa shape index (κ3) is 3.42. The van der Waals surface area contributed by atoms with E-state index in [2.05, 4.69) is 25.7 Å². The maximum absolute atomic E-state index is 13.2. The fourth-order valence-electron chi connectivity index (χ4n) is 2.37. The monoisotopic (exact) mass is 368 g/mol. The molecule has 2 heterocycles. The highest BCUT2D eigenvalue weighted by Gasteiger charge is 2.12. The van der Waals surface area contributed by atoms with Gasteiger partial charge in [0.15, 0.2) is 5.13 Å². The number of nitrogens with one attached hydrogen (secondary N) is 1. The van der Waals surface area contributed by atoms with Crippen LogP contribution in [-0.4, -0.2) is 31.1 Å². The minimum atomic E-state index is -0.338. The van der Waals surface area contributed by atoms with Crippen molar-refractivity contribution in [1.82, 2.24) is 25.2 Å². The molecule has 1 N–H and O–H groups in total. The first-order chi connectivity index (χ1) is 12.6. The highest BCUT2D eigenvalue weighted by atomic mass is 32.1. The predicted molar refractivity (Wildman–Crippen MR) is 96.2 cm³/mol. The van der Waals surface area contributed by atoms with E-state index in [0.29, 0.717) is 21.2 Å². The van der Waals surface area contributed by atoms with Crippen molar-refractivity contribution in [2.75, 3.05) is 5.32 Å². The van der Waals surface area contributed by atoms with Gasteiger partial charge in [0.25, 0.3) is 0 Å². The number of benzene rings is 2. The number of fused-ring (bicyclic) bond motifs is 1. The average Bonchev–Trinajstić information content (AvgIpc) is 3.21. The molecule has 0 fully saturated rings. The minimum Gasteiger partial charge on any atom is -0.300 e. The van der Waals surface area contributed by atoms with Gasteiger partial charge in [-0.25, -0.2) is 9.37 Å². The molecule has 0 spiro atoms. The number of thiazole rings is 1. The van der Waals surface area contributed by atoms with E-state index in [9.17, 15) is 9.18 Å². The molecule has 0 saturated heterocycles. The lowest BCUT2D eigenvalue weighted by molar-refractivity contribution is -0.117.